The van der Waals surface area contributed by atoms with E-state index in [1.54, 1.807) is 11.3 Å². The molecule has 2 rings (SSSR count). The van der Waals surface area contributed by atoms with Gasteiger partial charge in [0.05, 0.1) is 18.7 Å². The van der Waals surface area contributed by atoms with Crippen molar-refractivity contribution < 1.29 is 9.53 Å². The maximum absolute atomic E-state index is 12.6. The second-order valence-electron chi connectivity index (χ2n) is 6.17. The van der Waals surface area contributed by atoms with Gasteiger partial charge in [0, 0.05) is 18.0 Å². The lowest BCUT2D eigenvalue weighted by atomic mass is 10.0. The molecule has 1 unspecified atom stereocenters. The quantitative estimate of drug-likeness (QED) is 0.842. The smallest absolute Gasteiger partial charge is 0.239 e. The Morgan fingerprint density at radius 1 is 1.57 bits per heavy atom. The molecular weight excluding hydrogens is 284 g/mol. The lowest BCUT2D eigenvalue weighted by molar-refractivity contribution is -0.135. The average molecular weight is 310 g/mol. The van der Waals surface area contributed by atoms with Crippen molar-refractivity contribution in [2.24, 2.45) is 11.7 Å². The summed E-state index contributed by atoms with van der Waals surface area (Å²) < 4.78 is 5.68. The molecule has 0 aliphatic carbocycles. The molecule has 1 amide bonds. The minimum absolute atomic E-state index is 0.0487. The van der Waals surface area contributed by atoms with Gasteiger partial charge in [-0.2, -0.15) is 0 Å². The minimum Gasteiger partial charge on any atom is -0.376 e. The highest BCUT2D eigenvalue weighted by molar-refractivity contribution is 7.09. The molecule has 1 saturated heterocycles. The second kappa shape index (κ2) is 7.92. The third-order valence-corrected chi connectivity index (χ3v) is 4.59. The van der Waals surface area contributed by atoms with Crippen LogP contribution in [0, 0.1) is 5.92 Å². The summed E-state index contributed by atoms with van der Waals surface area (Å²) in [5.74, 6) is 0.475. The molecular formula is C16H26N2O2S. The van der Waals surface area contributed by atoms with Crippen molar-refractivity contribution >= 4 is 17.2 Å². The van der Waals surface area contributed by atoms with E-state index in [0.717, 1.165) is 25.9 Å². The van der Waals surface area contributed by atoms with E-state index in [2.05, 4.69) is 19.9 Å². The van der Waals surface area contributed by atoms with Gasteiger partial charge in [-0.3, -0.25) is 4.79 Å². The molecule has 2 atom stereocenters. The van der Waals surface area contributed by atoms with Gasteiger partial charge in [0.15, 0.2) is 0 Å². The summed E-state index contributed by atoms with van der Waals surface area (Å²) in [6.07, 6.45) is 3.02. The number of thiophene rings is 1. The number of carbonyl (C=O) groups excluding carboxylic acids is 1. The first-order valence-corrected chi connectivity index (χ1v) is 8.62. The van der Waals surface area contributed by atoms with Crippen molar-refractivity contribution in [3.63, 3.8) is 0 Å². The van der Waals surface area contributed by atoms with E-state index in [1.165, 1.54) is 4.88 Å². The average Bonchev–Trinajstić information content (AvgIpc) is 3.09. The lowest BCUT2D eigenvalue weighted by Crippen LogP contribution is -2.46. The molecule has 0 aromatic carbocycles. The largest absolute Gasteiger partial charge is 0.376 e. The normalized spacial score (nSPS) is 19.9. The number of rotatable bonds is 7. The number of hydrogen-bond donors (Lipinski definition) is 1. The Morgan fingerprint density at radius 3 is 2.95 bits per heavy atom. The van der Waals surface area contributed by atoms with Crippen molar-refractivity contribution in [1.29, 1.82) is 0 Å². The molecule has 1 aliphatic heterocycles. The van der Waals surface area contributed by atoms with E-state index in [1.807, 2.05) is 16.3 Å². The predicted octanol–water partition coefficient (Wildman–Crippen LogP) is 2.63. The molecule has 0 saturated carbocycles. The Kier molecular flexibility index (Phi) is 6.21. The van der Waals surface area contributed by atoms with Gasteiger partial charge in [0.2, 0.25) is 5.91 Å². The molecule has 0 spiro atoms. The zero-order valence-corrected chi connectivity index (χ0v) is 13.8. The maximum Gasteiger partial charge on any atom is 0.239 e. The fourth-order valence-electron chi connectivity index (χ4n) is 2.70. The Morgan fingerprint density at radius 2 is 2.38 bits per heavy atom. The highest BCUT2D eigenvalue weighted by Gasteiger charge is 2.26. The molecule has 5 heteroatoms. The van der Waals surface area contributed by atoms with Crippen LogP contribution in [0.1, 0.15) is 38.0 Å². The van der Waals surface area contributed by atoms with Crippen LogP contribution < -0.4 is 5.73 Å². The van der Waals surface area contributed by atoms with Crippen molar-refractivity contribution in [1.82, 2.24) is 4.90 Å². The summed E-state index contributed by atoms with van der Waals surface area (Å²) in [7, 11) is 0. The topological polar surface area (TPSA) is 55.6 Å². The SMILES string of the molecule is CC(C)C[C@H](N)C(=O)N(Cc1cccs1)CC1CCCO1. The highest BCUT2D eigenvalue weighted by Crippen LogP contribution is 2.18. The molecule has 2 N–H and O–H groups in total. The summed E-state index contributed by atoms with van der Waals surface area (Å²) in [5.41, 5.74) is 6.09. The van der Waals surface area contributed by atoms with E-state index < -0.39 is 6.04 Å². The summed E-state index contributed by atoms with van der Waals surface area (Å²) in [6.45, 7) is 6.29. The maximum atomic E-state index is 12.6. The Bertz CT molecular complexity index is 427. The monoisotopic (exact) mass is 310 g/mol. The number of nitrogens with two attached hydrogens (primary N) is 1. The van der Waals surface area contributed by atoms with Crippen molar-refractivity contribution in [3.8, 4) is 0 Å². The van der Waals surface area contributed by atoms with E-state index in [9.17, 15) is 4.79 Å². The van der Waals surface area contributed by atoms with Crippen molar-refractivity contribution in [2.75, 3.05) is 13.2 Å². The number of carbonyl (C=O) groups is 1. The molecule has 2 heterocycles. The first-order chi connectivity index (χ1) is 10.1. The van der Waals surface area contributed by atoms with E-state index >= 15 is 0 Å². The fourth-order valence-corrected chi connectivity index (χ4v) is 3.42. The third kappa shape index (κ3) is 5.09. The van der Waals surface area contributed by atoms with Crippen LogP contribution in [0.2, 0.25) is 0 Å². The number of nitrogens with zero attached hydrogens (tertiary/aromatic N) is 1. The standard InChI is InChI=1S/C16H26N2O2S/c1-12(2)9-15(17)16(19)18(10-13-5-3-7-20-13)11-14-6-4-8-21-14/h4,6,8,12-13,15H,3,5,7,9-11,17H2,1-2H3/t13?,15-/m0/s1. The lowest BCUT2D eigenvalue weighted by Gasteiger charge is -2.28. The van der Waals surface area contributed by atoms with Crippen LogP contribution in [0.15, 0.2) is 17.5 Å². The summed E-state index contributed by atoms with van der Waals surface area (Å²) in [6, 6.07) is 3.67. The van der Waals surface area contributed by atoms with Gasteiger partial charge in [-0.1, -0.05) is 19.9 Å². The van der Waals surface area contributed by atoms with Gasteiger partial charge < -0.3 is 15.4 Å². The van der Waals surface area contributed by atoms with Gasteiger partial charge in [0.25, 0.3) is 0 Å². The molecule has 1 aromatic heterocycles. The molecule has 0 bridgehead atoms. The zero-order chi connectivity index (χ0) is 15.2. The van der Waals surface area contributed by atoms with Gasteiger partial charge in [-0.15, -0.1) is 11.3 Å². The van der Waals surface area contributed by atoms with Crippen LogP contribution in [0.3, 0.4) is 0 Å². The molecule has 1 aliphatic rings. The molecule has 0 radical (unpaired) electrons. The molecule has 4 nitrogen and oxygen atoms in total. The molecule has 1 fully saturated rings. The number of amides is 1. The highest BCUT2D eigenvalue weighted by atomic mass is 32.1. The van der Waals surface area contributed by atoms with E-state index in [4.69, 9.17) is 10.5 Å². The van der Waals surface area contributed by atoms with Gasteiger partial charge in [0.1, 0.15) is 0 Å². The van der Waals surface area contributed by atoms with Crippen molar-refractivity contribution in [3.05, 3.63) is 22.4 Å². The Hall–Kier alpha value is -0.910. The van der Waals surface area contributed by atoms with Crippen LogP contribution in [0.5, 0.6) is 0 Å². The zero-order valence-electron chi connectivity index (χ0n) is 13.0. The Labute approximate surface area is 131 Å². The van der Waals surface area contributed by atoms with Crippen molar-refractivity contribution in [2.45, 2.75) is 51.8 Å². The molecule has 21 heavy (non-hydrogen) atoms. The molecule has 118 valence electrons. The van der Waals surface area contributed by atoms with Crippen LogP contribution in [0.4, 0.5) is 0 Å². The van der Waals surface area contributed by atoms with Crippen LogP contribution in [-0.4, -0.2) is 36.1 Å². The van der Waals surface area contributed by atoms with Gasteiger partial charge in [-0.05, 0) is 36.6 Å². The van der Waals surface area contributed by atoms with Crippen LogP contribution >= 0.6 is 11.3 Å². The fraction of sp³-hybridized carbons (Fsp3) is 0.688. The minimum atomic E-state index is -0.411. The van der Waals surface area contributed by atoms with Crippen LogP contribution in [0.25, 0.3) is 0 Å². The summed E-state index contributed by atoms with van der Waals surface area (Å²) in [4.78, 5) is 15.7. The predicted molar refractivity (Wildman–Crippen MR) is 86.1 cm³/mol. The van der Waals surface area contributed by atoms with Gasteiger partial charge >= 0.3 is 0 Å². The molecule has 1 aromatic rings. The second-order valence-corrected chi connectivity index (χ2v) is 7.20. The Balaban J connectivity index is 2.00. The summed E-state index contributed by atoms with van der Waals surface area (Å²) >= 11 is 1.68. The number of hydrogen-bond acceptors (Lipinski definition) is 4. The van der Waals surface area contributed by atoms with Gasteiger partial charge in [-0.25, -0.2) is 0 Å². The van der Waals surface area contributed by atoms with Crippen LogP contribution in [-0.2, 0) is 16.1 Å². The van der Waals surface area contributed by atoms with E-state index in [-0.39, 0.29) is 12.0 Å². The first-order valence-electron chi connectivity index (χ1n) is 7.74. The number of ether oxygens (including phenoxy) is 1. The van der Waals surface area contributed by atoms with E-state index in [0.29, 0.717) is 19.0 Å². The first kappa shape index (κ1) is 16.5. The third-order valence-electron chi connectivity index (χ3n) is 3.73. The summed E-state index contributed by atoms with van der Waals surface area (Å²) in [5, 5.41) is 2.04.